The standard InChI is InChI=1S/C26H27N5O3/c1-29-13-20(7-9-25(29)33)21-6-8-24-28-23(17-31(24)15-21)26(34)27-12-22(32)16-30-11-10-18-4-2-3-5-19(18)14-30/h2-9,13,15,17,22,32H,10-12,14,16H2,1H3,(H,27,34)/t22-/m0/s1. The number of aliphatic hydroxyl groups excluding tert-OH is 1. The molecule has 1 aromatic carbocycles. The molecular formula is C26H27N5O3. The average molecular weight is 458 g/mol. The van der Waals surface area contributed by atoms with Gasteiger partial charge in [0.1, 0.15) is 11.3 Å². The number of nitrogens with one attached hydrogen (secondary N) is 1. The molecule has 1 aliphatic rings. The van der Waals surface area contributed by atoms with Crippen molar-refractivity contribution in [2.24, 2.45) is 7.05 Å². The minimum atomic E-state index is -0.664. The Labute approximate surface area is 197 Å². The van der Waals surface area contributed by atoms with Crippen molar-refractivity contribution in [2.75, 3.05) is 19.6 Å². The van der Waals surface area contributed by atoms with E-state index in [9.17, 15) is 14.7 Å². The van der Waals surface area contributed by atoms with Crippen LogP contribution in [0.25, 0.3) is 16.8 Å². The van der Waals surface area contributed by atoms with Gasteiger partial charge in [0.05, 0.1) is 6.10 Å². The van der Waals surface area contributed by atoms with E-state index in [4.69, 9.17) is 0 Å². The predicted octanol–water partition coefficient (Wildman–Crippen LogP) is 1.85. The molecule has 5 rings (SSSR count). The van der Waals surface area contributed by atoms with Crippen LogP contribution >= 0.6 is 0 Å². The van der Waals surface area contributed by atoms with E-state index in [2.05, 4.69) is 33.4 Å². The van der Waals surface area contributed by atoms with Gasteiger partial charge in [-0.05, 0) is 46.9 Å². The van der Waals surface area contributed by atoms with Crippen LogP contribution in [0.2, 0.25) is 0 Å². The fraction of sp³-hybridized carbons (Fsp3) is 0.269. The number of aryl methyl sites for hydroxylation is 1. The summed E-state index contributed by atoms with van der Waals surface area (Å²) >= 11 is 0. The maximum atomic E-state index is 12.7. The highest BCUT2D eigenvalue weighted by Gasteiger charge is 2.19. The number of benzene rings is 1. The summed E-state index contributed by atoms with van der Waals surface area (Å²) in [4.78, 5) is 30.9. The number of rotatable bonds is 6. The summed E-state index contributed by atoms with van der Waals surface area (Å²) in [6, 6.07) is 15.4. The molecule has 4 heterocycles. The minimum Gasteiger partial charge on any atom is -0.390 e. The Balaban J connectivity index is 1.20. The molecule has 1 atom stereocenters. The third kappa shape index (κ3) is 4.64. The molecular weight excluding hydrogens is 430 g/mol. The summed E-state index contributed by atoms with van der Waals surface area (Å²) in [6.07, 6.45) is 5.63. The van der Waals surface area contributed by atoms with Crippen LogP contribution in [0.5, 0.6) is 0 Å². The number of aromatic nitrogens is 3. The smallest absolute Gasteiger partial charge is 0.271 e. The molecule has 0 saturated carbocycles. The minimum absolute atomic E-state index is 0.0706. The van der Waals surface area contributed by atoms with Crippen molar-refractivity contribution in [1.29, 1.82) is 0 Å². The van der Waals surface area contributed by atoms with Gasteiger partial charge in [-0.1, -0.05) is 24.3 Å². The van der Waals surface area contributed by atoms with E-state index in [-0.39, 0.29) is 23.7 Å². The lowest BCUT2D eigenvalue weighted by Crippen LogP contribution is -2.42. The van der Waals surface area contributed by atoms with E-state index in [1.165, 1.54) is 21.8 Å². The second-order valence-corrected chi connectivity index (χ2v) is 8.79. The molecule has 8 heteroatoms. The van der Waals surface area contributed by atoms with Gasteiger partial charge in [0, 0.05) is 57.9 Å². The van der Waals surface area contributed by atoms with Crippen molar-refractivity contribution in [1.82, 2.24) is 24.2 Å². The van der Waals surface area contributed by atoms with Crippen LogP contribution < -0.4 is 10.9 Å². The molecule has 34 heavy (non-hydrogen) atoms. The summed E-state index contributed by atoms with van der Waals surface area (Å²) in [5.41, 5.74) is 5.33. The van der Waals surface area contributed by atoms with E-state index in [0.717, 1.165) is 30.6 Å². The zero-order valence-electron chi connectivity index (χ0n) is 19.0. The third-order valence-electron chi connectivity index (χ3n) is 6.28. The molecule has 3 aromatic heterocycles. The van der Waals surface area contributed by atoms with Gasteiger partial charge in [-0.2, -0.15) is 0 Å². The molecule has 2 N–H and O–H groups in total. The van der Waals surface area contributed by atoms with Gasteiger partial charge in [-0.25, -0.2) is 4.98 Å². The maximum absolute atomic E-state index is 12.7. The molecule has 174 valence electrons. The van der Waals surface area contributed by atoms with Gasteiger partial charge < -0.3 is 19.4 Å². The molecule has 8 nitrogen and oxygen atoms in total. The highest BCUT2D eigenvalue weighted by molar-refractivity contribution is 5.92. The lowest BCUT2D eigenvalue weighted by Gasteiger charge is -2.30. The average Bonchev–Trinajstić information content (AvgIpc) is 3.28. The lowest BCUT2D eigenvalue weighted by atomic mass is 10.00. The fourth-order valence-corrected chi connectivity index (χ4v) is 4.41. The molecule has 0 unspecified atom stereocenters. The molecule has 0 spiro atoms. The van der Waals surface area contributed by atoms with Crippen LogP contribution in [0.4, 0.5) is 0 Å². The zero-order valence-corrected chi connectivity index (χ0v) is 19.0. The second kappa shape index (κ2) is 9.24. The van der Waals surface area contributed by atoms with Crippen molar-refractivity contribution in [3.05, 3.63) is 94.3 Å². The van der Waals surface area contributed by atoms with Gasteiger partial charge in [-0.3, -0.25) is 14.5 Å². The number of hydrogen-bond acceptors (Lipinski definition) is 5. The molecule has 0 fully saturated rings. The molecule has 0 bridgehead atoms. The zero-order chi connectivity index (χ0) is 23.7. The first-order chi connectivity index (χ1) is 16.5. The Bertz CT molecular complexity index is 1410. The quantitative estimate of drug-likeness (QED) is 0.461. The fourth-order valence-electron chi connectivity index (χ4n) is 4.41. The SMILES string of the molecule is Cn1cc(-c2ccc3nc(C(=O)NC[C@H](O)CN4CCc5ccccc5C4)cn3c2)ccc1=O. The van der Waals surface area contributed by atoms with Crippen LogP contribution in [0, 0.1) is 0 Å². The topological polar surface area (TPSA) is 91.9 Å². The second-order valence-electron chi connectivity index (χ2n) is 8.79. The Morgan fingerprint density at radius 3 is 2.65 bits per heavy atom. The molecule has 1 aliphatic heterocycles. The van der Waals surface area contributed by atoms with Gasteiger partial charge in [0.2, 0.25) is 5.56 Å². The van der Waals surface area contributed by atoms with E-state index in [1.54, 1.807) is 29.9 Å². The number of β-amino-alcohol motifs (C(OH)–C–C–N with tert-alkyl or cyclic N) is 1. The molecule has 4 aromatic rings. The summed E-state index contributed by atoms with van der Waals surface area (Å²) < 4.78 is 3.32. The van der Waals surface area contributed by atoms with Crippen LogP contribution in [0.3, 0.4) is 0 Å². The molecule has 1 amide bonds. The normalized spacial score (nSPS) is 14.6. The van der Waals surface area contributed by atoms with E-state index < -0.39 is 6.10 Å². The molecule has 0 radical (unpaired) electrons. The first-order valence-corrected chi connectivity index (χ1v) is 11.4. The van der Waals surface area contributed by atoms with Gasteiger partial charge in [-0.15, -0.1) is 0 Å². The number of amides is 1. The number of pyridine rings is 2. The number of imidazole rings is 1. The summed E-state index contributed by atoms with van der Waals surface area (Å²) in [6.45, 7) is 2.37. The highest BCUT2D eigenvalue weighted by Crippen LogP contribution is 2.20. The number of carbonyl (C=O) groups excluding carboxylic acids is 1. The van der Waals surface area contributed by atoms with Crippen LogP contribution in [0.1, 0.15) is 21.6 Å². The number of aliphatic hydroxyl groups is 1. The van der Waals surface area contributed by atoms with E-state index >= 15 is 0 Å². The van der Waals surface area contributed by atoms with Crippen molar-refractivity contribution in [3.63, 3.8) is 0 Å². The highest BCUT2D eigenvalue weighted by atomic mass is 16.3. The van der Waals surface area contributed by atoms with Crippen molar-refractivity contribution < 1.29 is 9.90 Å². The Morgan fingerprint density at radius 1 is 1.06 bits per heavy atom. The first-order valence-electron chi connectivity index (χ1n) is 11.4. The van der Waals surface area contributed by atoms with Crippen LogP contribution in [-0.4, -0.2) is 55.6 Å². The number of fused-ring (bicyclic) bond motifs is 2. The van der Waals surface area contributed by atoms with E-state index in [1.807, 2.05) is 24.4 Å². The Hall–Kier alpha value is -3.75. The van der Waals surface area contributed by atoms with Gasteiger partial charge >= 0.3 is 0 Å². The third-order valence-corrected chi connectivity index (χ3v) is 6.28. The predicted molar refractivity (Wildman–Crippen MR) is 130 cm³/mol. The van der Waals surface area contributed by atoms with Gasteiger partial charge in [0.25, 0.3) is 5.91 Å². The largest absolute Gasteiger partial charge is 0.390 e. The Morgan fingerprint density at radius 2 is 1.82 bits per heavy atom. The monoisotopic (exact) mass is 457 g/mol. The summed E-state index contributed by atoms with van der Waals surface area (Å²) in [5, 5.41) is 13.3. The molecule has 0 aliphatic carbocycles. The first kappa shape index (κ1) is 22.1. The van der Waals surface area contributed by atoms with Crippen LogP contribution in [0.15, 0.2) is 71.9 Å². The number of nitrogens with zero attached hydrogens (tertiary/aromatic N) is 4. The summed E-state index contributed by atoms with van der Waals surface area (Å²) in [5.74, 6) is -0.324. The number of hydrogen-bond donors (Lipinski definition) is 2. The van der Waals surface area contributed by atoms with E-state index in [0.29, 0.717) is 12.2 Å². The summed E-state index contributed by atoms with van der Waals surface area (Å²) in [7, 11) is 1.71. The number of carbonyl (C=O) groups is 1. The van der Waals surface area contributed by atoms with Crippen molar-refractivity contribution in [3.8, 4) is 11.1 Å². The van der Waals surface area contributed by atoms with Gasteiger partial charge in [0.15, 0.2) is 0 Å². The van der Waals surface area contributed by atoms with Crippen molar-refractivity contribution >= 4 is 11.6 Å². The van der Waals surface area contributed by atoms with Crippen molar-refractivity contribution in [2.45, 2.75) is 19.1 Å². The molecule has 0 saturated heterocycles. The Kier molecular flexibility index (Phi) is 6.00. The maximum Gasteiger partial charge on any atom is 0.271 e. The lowest BCUT2D eigenvalue weighted by molar-refractivity contribution is 0.0838. The van der Waals surface area contributed by atoms with Crippen LogP contribution in [-0.2, 0) is 20.0 Å².